The van der Waals surface area contributed by atoms with Crippen LogP contribution in [0, 0.1) is 5.41 Å². The molecule has 1 unspecified atom stereocenters. The van der Waals surface area contributed by atoms with Gasteiger partial charge in [-0.05, 0) is 57.2 Å². The standard InChI is InChI=1S/C13H26N2/c1-13(2)7-4-9-15(11-13)10-6-12-5-3-8-14-12/h12,14H,3-11H2,1-2H3. The molecule has 0 saturated carbocycles. The molecule has 2 rings (SSSR count). The second-order valence-corrected chi connectivity index (χ2v) is 6.13. The summed E-state index contributed by atoms with van der Waals surface area (Å²) in [6, 6.07) is 0.815. The number of rotatable bonds is 3. The van der Waals surface area contributed by atoms with Crippen LogP contribution in [0.25, 0.3) is 0 Å². The zero-order valence-electron chi connectivity index (χ0n) is 10.4. The highest BCUT2D eigenvalue weighted by Crippen LogP contribution is 2.28. The molecule has 2 fully saturated rings. The molecule has 0 aromatic carbocycles. The molecule has 2 heterocycles. The molecule has 88 valence electrons. The first-order valence-electron chi connectivity index (χ1n) is 6.61. The Bertz CT molecular complexity index is 195. The molecular weight excluding hydrogens is 184 g/mol. The summed E-state index contributed by atoms with van der Waals surface area (Å²) in [5.41, 5.74) is 0.557. The Labute approximate surface area is 94.4 Å². The first-order valence-corrected chi connectivity index (χ1v) is 6.61. The predicted octanol–water partition coefficient (Wildman–Crippen LogP) is 2.25. The minimum absolute atomic E-state index is 0.557. The van der Waals surface area contributed by atoms with Crippen LogP contribution in [0.4, 0.5) is 0 Å². The molecule has 0 aliphatic carbocycles. The smallest absolute Gasteiger partial charge is 0.00797 e. The highest BCUT2D eigenvalue weighted by atomic mass is 15.1. The van der Waals surface area contributed by atoms with Crippen molar-refractivity contribution >= 4 is 0 Å². The summed E-state index contributed by atoms with van der Waals surface area (Å²) in [5.74, 6) is 0. The van der Waals surface area contributed by atoms with Crippen LogP contribution in [0.1, 0.15) is 46.0 Å². The maximum Gasteiger partial charge on any atom is 0.00797 e. The van der Waals surface area contributed by atoms with Crippen molar-refractivity contribution in [2.45, 2.75) is 52.0 Å². The summed E-state index contributed by atoms with van der Waals surface area (Å²) in [6.07, 6.45) is 6.94. The number of nitrogens with zero attached hydrogens (tertiary/aromatic N) is 1. The quantitative estimate of drug-likeness (QED) is 0.768. The number of nitrogens with one attached hydrogen (secondary N) is 1. The van der Waals surface area contributed by atoms with E-state index in [1.54, 1.807) is 0 Å². The summed E-state index contributed by atoms with van der Waals surface area (Å²) < 4.78 is 0. The SMILES string of the molecule is CC1(C)CCCN(CCC2CCCN2)C1. The van der Waals surface area contributed by atoms with E-state index in [9.17, 15) is 0 Å². The van der Waals surface area contributed by atoms with Crippen LogP contribution < -0.4 is 5.32 Å². The van der Waals surface area contributed by atoms with Gasteiger partial charge in [-0.15, -0.1) is 0 Å². The molecule has 1 N–H and O–H groups in total. The Kier molecular flexibility index (Phi) is 3.68. The Morgan fingerprint density at radius 1 is 1.33 bits per heavy atom. The third-order valence-corrected chi connectivity index (χ3v) is 3.94. The molecule has 15 heavy (non-hydrogen) atoms. The Balaban J connectivity index is 1.69. The van der Waals surface area contributed by atoms with E-state index in [-0.39, 0.29) is 0 Å². The lowest BCUT2D eigenvalue weighted by Crippen LogP contribution is -2.41. The fourth-order valence-corrected chi connectivity index (χ4v) is 3.08. The van der Waals surface area contributed by atoms with Crippen LogP contribution in [0.5, 0.6) is 0 Å². The predicted molar refractivity (Wildman–Crippen MR) is 65.1 cm³/mol. The van der Waals surface area contributed by atoms with Crippen LogP contribution in [0.3, 0.4) is 0 Å². The molecule has 2 saturated heterocycles. The van der Waals surface area contributed by atoms with E-state index in [4.69, 9.17) is 0 Å². The molecule has 0 spiro atoms. The molecule has 0 amide bonds. The lowest BCUT2D eigenvalue weighted by molar-refractivity contribution is 0.114. The van der Waals surface area contributed by atoms with E-state index >= 15 is 0 Å². The molecule has 2 aliphatic heterocycles. The van der Waals surface area contributed by atoms with Crippen molar-refractivity contribution in [3.8, 4) is 0 Å². The lowest BCUT2D eigenvalue weighted by Gasteiger charge is -2.38. The monoisotopic (exact) mass is 210 g/mol. The molecule has 0 radical (unpaired) electrons. The average molecular weight is 210 g/mol. The number of piperidine rings is 1. The Morgan fingerprint density at radius 2 is 2.20 bits per heavy atom. The van der Waals surface area contributed by atoms with E-state index in [0.29, 0.717) is 5.41 Å². The number of hydrogen-bond acceptors (Lipinski definition) is 2. The second-order valence-electron chi connectivity index (χ2n) is 6.13. The van der Waals surface area contributed by atoms with Gasteiger partial charge in [-0.1, -0.05) is 13.8 Å². The van der Waals surface area contributed by atoms with E-state index in [1.165, 1.54) is 58.3 Å². The molecule has 0 bridgehead atoms. The zero-order valence-corrected chi connectivity index (χ0v) is 10.4. The van der Waals surface area contributed by atoms with Gasteiger partial charge in [0.25, 0.3) is 0 Å². The van der Waals surface area contributed by atoms with Crippen LogP contribution in [0.15, 0.2) is 0 Å². The fourth-order valence-electron chi connectivity index (χ4n) is 3.08. The molecule has 1 atom stereocenters. The maximum atomic E-state index is 3.59. The van der Waals surface area contributed by atoms with Gasteiger partial charge in [0.2, 0.25) is 0 Å². The maximum absolute atomic E-state index is 3.59. The van der Waals surface area contributed by atoms with Gasteiger partial charge >= 0.3 is 0 Å². The lowest BCUT2D eigenvalue weighted by atomic mass is 9.84. The third-order valence-electron chi connectivity index (χ3n) is 3.94. The first kappa shape index (κ1) is 11.4. The number of likely N-dealkylation sites (tertiary alicyclic amines) is 1. The molecule has 2 nitrogen and oxygen atoms in total. The summed E-state index contributed by atoms with van der Waals surface area (Å²) in [6.45, 7) is 10.0. The van der Waals surface area contributed by atoms with E-state index in [2.05, 4.69) is 24.1 Å². The van der Waals surface area contributed by atoms with Crippen LogP contribution >= 0.6 is 0 Å². The highest BCUT2D eigenvalue weighted by Gasteiger charge is 2.26. The number of hydrogen-bond donors (Lipinski definition) is 1. The fraction of sp³-hybridized carbons (Fsp3) is 1.00. The van der Waals surface area contributed by atoms with Gasteiger partial charge in [-0.25, -0.2) is 0 Å². The average Bonchev–Trinajstić information content (AvgIpc) is 2.65. The van der Waals surface area contributed by atoms with Crippen LogP contribution in [-0.4, -0.2) is 37.1 Å². The molecule has 0 aromatic heterocycles. The molecule has 2 aliphatic rings. The van der Waals surface area contributed by atoms with Gasteiger partial charge in [-0.3, -0.25) is 0 Å². The van der Waals surface area contributed by atoms with Crippen LogP contribution in [-0.2, 0) is 0 Å². The van der Waals surface area contributed by atoms with E-state index in [1.807, 2.05) is 0 Å². The van der Waals surface area contributed by atoms with Crippen molar-refractivity contribution in [1.82, 2.24) is 10.2 Å². The zero-order chi connectivity index (χ0) is 10.7. The third kappa shape index (κ3) is 3.46. The van der Waals surface area contributed by atoms with Gasteiger partial charge in [-0.2, -0.15) is 0 Å². The summed E-state index contributed by atoms with van der Waals surface area (Å²) in [4.78, 5) is 2.67. The highest BCUT2D eigenvalue weighted by molar-refractivity contribution is 4.81. The van der Waals surface area contributed by atoms with Gasteiger partial charge in [0.1, 0.15) is 0 Å². The minimum Gasteiger partial charge on any atom is -0.314 e. The van der Waals surface area contributed by atoms with E-state index < -0.39 is 0 Å². The normalized spacial score (nSPS) is 32.0. The van der Waals surface area contributed by atoms with Crippen LogP contribution in [0.2, 0.25) is 0 Å². The second kappa shape index (κ2) is 4.84. The molecule has 2 heteroatoms. The Morgan fingerprint density at radius 3 is 2.87 bits per heavy atom. The largest absolute Gasteiger partial charge is 0.314 e. The van der Waals surface area contributed by atoms with Gasteiger partial charge in [0, 0.05) is 12.6 Å². The van der Waals surface area contributed by atoms with Crippen molar-refractivity contribution < 1.29 is 0 Å². The van der Waals surface area contributed by atoms with Crippen molar-refractivity contribution in [2.75, 3.05) is 26.2 Å². The van der Waals surface area contributed by atoms with Gasteiger partial charge < -0.3 is 10.2 Å². The summed E-state index contributed by atoms with van der Waals surface area (Å²) in [7, 11) is 0. The Hall–Kier alpha value is -0.0800. The molecular formula is C13H26N2. The van der Waals surface area contributed by atoms with Crippen molar-refractivity contribution in [3.63, 3.8) is 0 Å². The van der Waals surface area contributed by atoms with Gasteiger partial charge in [0.15, 0.2) is 0 Å². The topological polar surface area (TPSA) is 15.3 Å². The van der Waals surface area contributed by atoms with Gasteiger partial charge in [0.05, 0.1) is 0 Å². The van der Waals surface area contributed by atoms with Crippen molar-refractivity contribution in [1.29, 1.82) is 0 Å². The van der Waals surface area contributed by atoms with Crippen molar-refractivity contribution in [2.24, 2.45) is 5.41 Å². The van der Waals surface area contributed by atoms with Crippen molar-refractivity contribution in [3.05, 3.63) is 0 Å². The molecule has 0 aromatic rings. The summed E-state index contributed by atoms with van der Waals surface area (Å²) in [5, 5.41) is 3.59. The minimum atomic E-state index is 0.557. The first-order chi connectivity index (χ1) is 7.16. The summed E-state index contributed by atoms with van der Waals surface area (Å²) >= 11 is 0. The van der Waals surface area contributed by atoms with E-state index in [0.717, 1.165) is 6.04 Å².